The average Bonchev–Trinajstić information content (AvgIpc) is 2.31. The number of carbonyl (C=O) groups is 1. The Morgan fingerprint density at radius 3 is 2.31 bits per heavy atom. The van der Waals surface area contributed by atoms with Gasteiger partial charge in [-0.1, -0.05) is 0 Å². The second-order valence-corrected chi connectivity index (χ2v) is 3.06. The first kappa shape index (κ1) is 15.1. The predicted molar refractivity (Wildman–Crippen MR) is 59.3 cm³/mol. The molecule has 0 aromatic heterocycles. The first-order valence-corrected chi connectivity index (χ1v) is 5.12. The Morgan fingerprint density at radius 1 is 1.06 bits per heavy atom. The summed E-state index contributed by atoms with van der Waals surface area (Å²) in [4.78, 5) is 11.0. The van der Waals surface area contributed by atoms with Crippen LogP contribution in [0.5, 0.6) is 0 Å². The van der Waals surface area contributed by atoms with Crippen LogP contribution in [-0.4, -0.2) is 53.2 Å². The Labute approximate surface area is 96.3 Å². The third-order valence-electron chi connectivity index (χ3n) is 1.82. The van der Waals surface area contributed by atoms with Crippen molar-refractivity contribution in [3.8, 4) is 0 Å². The molecule has 0 aliphatic heterocycles. The summed E-state index contributed by atoms with van der Waals surface area (Å²) in [5.41, 5.74) is 0.544. The first-order chi connectivity index (χ1) is 7.72. The highest BCUT2D eigenvalue weighted by Gasteiger charge is 2.01. The molecule has 0 aliphatic carbocycles. The van der Waals surface area contributed by atoms with Crippen LogP contribution in [0.3, 0.4) is 0 Å². The maximum absolute atomic E-state index is 11.0. The average molecular weight is 232 g/mol. The lowest BCUT2D eigenvalue weighted by Gasteiger charge is -2.04. The SMILES string of the molecule is COCCOCCOC/C=C(/C)C(=O)OC. The van der Waals surface area contributed by atoms with E-state index in [2.05, 4.69) is 4.74 Å². The van der Waals surface area contributed by atoms with E-state index in [0.29, 0.717) is 38.6 Å². The number of rotatable bonds is 9. The van der Waals surface area contributed by atoms with E-state index in [-0.39, 0.29) is 5.97 Å². The maximum atomic E-state index is 11.0. The highest BCUT2D eigenvalue weighted by Crippen LogP contribution is 1.95. The quantitative estimate of drug-likeness (QED) is 0.334. The Hall–Kier alpha value is -0.910. The summed E-state index contributed by atoms with van der Waals surface area (Å²) < 4.78 is 19.8. The summed E-state index contributed by atoms with van der Waals surface area (Å²) in [7, 11) is 2.98. The molecular formula is C11H20O5. The van der Waals surface area contributed by atoms with Gasteiger partial charge in [0.15, 0.2) is 0 Å². The molecule has 16 heavy (non-hydrogen) atoms. The van der Waals surface area contributed by atoms with Crippen molar-refractivity contribution >= 4 is 5.97 Å². The molecule has 0 saturated heterocycles. The predicted octanol–water partition coefficient (Wildman–Crippen LogP) is 0.785. The molecule has 0 N–H and O–H groups in total. The van der Waals surface area contributed by atoms with Crippen LogP contribution >= 0.6 is 0 Å². The van der Waals surface area contributed by atoms with E-state index < -0.39 is 0 Å². The minimum absolute atomic E-state index is 0.333. The highest BCUT2D eigenvalue weighted by atomic mass is 16.5. The lowest BCUT2D eigenvalue weighted by molar-refractivity contribution is -0.136. The van der Waals surface area contributed by atoms with Crippen molar-refractivity contribution in [2.75, 3.05) is 47.3 Å². The van der Waals surface area contributed by atoms with Gasteiger partial charge in [0.2, 0.25) is 0 Å². The van der Waals surface area contributed by atoms with E-state index in [0.717, 1.165) is 0 Å². The molecule has 0 radical (unpaired) electrons. The molecule has 0 aromatic rings. The molecule has 0 fully saturated rings. The van der Waals surface area contributed by atoms with Crippen LogP contribution in [0.2, 0.25) is 0 Å². The van der Waals surface area contributed by atoms with Crippen LogP contribution in [0, 0.1) is 0 Å². The van der Waals surface area contributed by atoms with Crippen molar-refractivity contribution in [3.05, 3.63) is 11.6 Å². The van der Waals surface area contributed by atoms with E-state index in [1.165, 1.54) is 7.11 Å². The maximum Gasteiger partial charge on any atom is 0.333 e. The first-order valence-electron chi connectivity index (χ1n) is 5.12. The van der Waals surface area contributed by atoms with E-state index >= 15 is 0 Å². The third kappa shape index (κ3) is 8.40. The van der Waals surface area contributed by atoms with Crippen molar-refractivity contribution < 1.29 is 23.7 Å². The molecule has 0 heterocycles. The Bertz CT molecular complexity index is 212. The number of ether oxygens (including phenoxy) is 4. The fraction of sp³-hybridized carbons (Fsp3) is 0.727. The Balaban J connectivity index is 3.35. The molecule has 0 amide bonds. The fourth-order valence-corrected chi connectivity index (χ4v) is 0.874. The van der Waals surface area contributed by atoms with Gasteiger partial charge >= 0.3 is 5.97 Å². The summed E-state index contributed by atoms with van der Waals surface area (Å²) in [6.45, 7) is 4.24. The van der Waals surface area contributed by atoms with Crippen molar-refractivity contribution in [1.82, 2.24) is 0 Å². The topological polar surface area (TPSA) is 54.0 Å². The number of carbonyl (C=O) groups excluding carboxylic acids is 1. The second kappa shape index (κ2) is 10.6. The van der Waals surface area contributed by atoms with Crippen LogP contribution in [0.15, 0.2) is 11.6 Å². The van der Waals surface area contributed by atoms with Crippen molar-refractivity contribution in [2.24, 2.45) is 0 Å². The number of esters is 1. The molecule has 0 rings (SSSR count). The van der Waals surface area contributed by atoms with Gasteiger partial charge in [0.25, 0.3) is 0 Å². The lowest BCUT2D eigenvalue weighted by atomic mass is 10.3. The van der Waals surface area contributed by atoms with Crippen molar-refractivity contribution in [1.29, 1.82) is 0 Å². The second-order valence-electron chi connectivity index (χ2n) is 3.06. The molecule has 0 spiro atoms. The normalized spacial score (nSPS) is 11.6. The fourth-order valence-electron chi connectivity index (χ4n) is 0.874. The lowest BCUT2D eigenvalue weighted by Crippen LogP contribution is -2.09. The van der Waals surface area contributed by atoms with Gasteiger partial charge in [0.1, 0.15) is 0 Å². The largest absolute Gasteiger partial charge is 0.466 e. The zero-order chi connectivity index (χ0) is 12.2. The van der Waals surface area contributed by atoms with Gasteiger partial charge in [0.05, 0.1) is 40.1 Å². The Kier molecular flexibility index (Phi) is 10.00. The van der Waals surface area contributed by atoms with Crippen LogP contribution < -0.4 is 0 Å². The standard InChI is InChI=1S/C11H20O5/c1-10(11(12)14-3)4-5-15-8-9-16-7-6-13-2/h4H,5-9H2,1-3H3/b10-4-. The molecule has 0 atom stereocenters. The molecule has 5 heteroatoms. The van der Waals surface area contributed by atoms with Crippen LogP contribution in [0.25, 0.3) is 0 Å². The van der Waals surface area contributed by atoms with Gasteiger partial charge in [-0.25, -0.2) is 4.79 Å². The third-order valence-corrected chi connectivity index (χ3v) is 1.82. The Morgan fingerprint density at radius 2 is 1.69 bits per heavy atom. The summed E-state index contributed by atoms with van der Waals surface area (Å²) in [6, 6.07) is 0. The van der Waals surface area contributed by atoms with E-state index in [9.17, 15) is 4.79 Å². The van der Waals surface area contributed by atoms with E-state index in [4.69, 9.17) is 14.2 Å². The molecule has 0 aromatic carbocycles. The number of hydrogen-bond donors (Lipinski definition) is 0. The number of hydrogen-bond acceptors (Lipinski definition) is 5. The minimum Gasteiger partial charge on any atom is -0.466 e. The zero-order valence-corrected chi connectivity index (χ0v) is 10.2. The summed E-state index contributed by atoms with van der Waals surface area (Å²) in [6.07, 6.45) is 1.68. The summed E-state index contributed by atoms with van der Waals surface area (Å²) in [5.74, 6) is -0.333. The van der Waals surface area contributed by atoms with E-state index in [1.54, 1.807) is 20.1 Å². The number of methoxy groups -OCH3 is 2. The van der Waals surface area contributed by atoms with Crippen LogP contribution in [0.4, 0.5) is 0 Å². The molecule has 0 bridgehead atoms. The molecule has 0 unspecified atom stereocenters. The minimum atomic E-state index is -0.333. The van der Waals surface area contributed by atoms with Crippen LogP contribution in [-0.2, 0) is 23.7 Å². The van der Waals surface area contributed by atoms with Gasteiger partial charge in [-0.2, -0.15) is 0 Å². The smallest absolute Gasteiger partial charge is 0.333 e. The van der Waals surface area contributed by atoms with Gasteiger partial charge in [0, 0.05) is 12.7 Å². The summed E-state index contributed by atoms with van der Waals surface area (Å²) in [5, 5.41) is 0. The molecule has 94 valence electrons. The van der Waals surface area contributed by atoms with Gasteiger partial charge < -0.3 is 18.9 Å². The molecule has 0 aliphatic rings. The molecule has 5 nitrogen and oxygen atoms in total. The highest BCUT2D eigenvalue weighted by molar-refractivity contribution is 5.87. The van der Waals surface area contributed by atoms with Gasteiger partial charge in [-0.05, 0) is 13.0 Å². The molecular weight excluding hydrogens is 212 g/mol. The van der Waals surface area contributed by atoms with Crippen molar-refractivity contribution in [2.45, 2.75) is 6.92 Å². The zero-order valence-electron chi connectivity index (χ0n) is 10.2. The monoisotopic (exact) mass is 232 g/mol. The summed E-state index contributed by atoms with van der Waals surface area (Å²) >= 11 is 0. The van der Waals surface area contributed by atoms with Crippen molar-refractivity contribution in [3.63, 3.8) is 0 Å². The van der Waals surface area contributed by atoms with Crippen LogP contribution in [0.1, 0.15) is 6.92 Å². The van der Waals surface area contributed by atoms with Gasteiger partial charge in [-0.15, -0.1) is 0 Å². The van der Waals surface area contributed by atoms with E-state index in [1.807, 2.05) is 0 Å². The molecule has 0 saturated carbocycles. The van der Waals surface area contributed by atoms with Gasteiger partial charge in [-0.3, -0.25) is 0 Å².